The van der Waals surface area contributed by atoms with Crippen molar-refractivity contribution in [2.24, 2.45) is 0 Å². The molecule has 1 aliphatic heterocycles. The molecule has 0 spiro atoms. The zero-order valence-electron chi connectivity index (χ0n) is 13.4. The van der Waals surface area contributed by atoms with E-state index in [2.05, 4.69) is 17.2 Å². The van der Waals surface area contributed by atoms with E-state index in [1.54, 1.807) is 0 Å². The average Bonchev–Trinajstić information content (AvgIpc) is 2.83. The van der Waals surface area contributed by atoms with Crippen molar-refractivity contribution in [2.75, 3.05) is 36.5 Å². The number of carbonyl (C=O) groups is 1. The molecule has 1 aromatic heterocycles. The van der Waals surface area contributed by atoms with Crippen molar-refractivity contribution >= 4 is 28.6 Å². The van der Waals surface area contributed by atoms with Gasteiger partial charge in [0.25, 0.3) is 0 Å². The first kappa shape index (κ1) is 15.7. The van der Waals surface area contributed by atoms with Crippen LogP contribution in [0.25, 0.3) is 11.0 Å². The van der Waals surface area contributed by atoms with Crippen LogP contribution in [0.2, 0.25) is 0 Å². The van der Waals surface area contributed by atoms with E-state index in [0.29, 0.717) is 50.0 Å². The Hall–Kier alpha value is -2.15. The fraction of sp³-hybridized carbons (Fsp3) is 0.500. The van der Waals surface area contributed by atoms with Crippen LogP contribution in [0.3, 0.4) is 0 Å². The quantitative estimate of drug-likeness (QED) is 0.940. The van der Waals surface area contributed by atoms with Crippen LogP contribution in [0.5, 0.6) is 0 Å². The van der Waals surface area contributed by atoms with E-state index >= 15 is 0 Å². The minimum absolute atomic E-state index is 0.188. The molecule has 1 aliphatic rings. The Morgan fingerprint density at radius 2 is 2.13 bits per heavy atom. The minimum Gasteiger partial charge on any atom is -0.378 e. The van der Waals surface area contributed by atoms with E-state index < -0.39 is 0 Å². The minimum atomic E-state index is -0.296. The summed E-state index contributed by atoms with van der Waals surface area (Å²) < 4.78 is 21.7. The Bertz CT molecular complexity index is 722. The van der Waals surface area contributed by atoms with Gasteiger partial charge in [-0.25, -0.2) is 9.37 Å². The second-order valence-electron chi connectivity index (χ2n) is 5.66. The van der Waals surface area contributed by atoms with E-state index in [9.17, 15) is 9.18 Å². The highest BCUT2D eigenvalue weighted by molar-refractivity contribution is 5.90. The van der Waals surface area contributed by atoms with E-state index in [1.165, 1.54) is 13.0 Å². The summed E-state index contributed by atoms with van der Waals surface area (Å²) in [4.78, 5) is 17.7. The van der Waals surface area contributed by atoms with Crippen molar-refractivity contribution in [1.29, 1.82) is 0 Å². The lowest BCUT2D eigenvalue weighted by molar-refractivity contribution is -0.114. The number of aryl methyl sites for hydroxylation is 1. The summed E-state index contributed by atoms with van der Waals surface area (Å²) in [6.07, 6.45) is 0.891. The molecular weight excluding hydrogens is 299 g/mol. The number of hydrogen-bond donors (Lipinski definition) is 1. The summed E-state index contributed by atoms with van der Waals surface area (Å²) in [5, 5.41) is 2.72. The third-order valence-electron chi connectivity index (χ3n) is 3.90. The van der Waals surface area contributed by atoms with Crippen molar-refractivity contribution in [1.82, 2.24) is 9.55 Å². The fourth-order valence-corrected chi connectivity index (χ4v) is 2.88. The first-order chi connectivity index (χ1) is 11.1. The Kier molecular flexibility index (Phi) is 4.47. The van der Waals surface area contributed by atoms with Crippen LogP contribution in [-0.4, -0.2) is 41.8 Å². The third-order valence-corrected chi connectivity index (χ3v) is 3.90. The van der Waals surface area contributed by atoms with Gasteiger partial charge in [0, 0.05) is 32.6 Å². The number of carbonyl (C=O) groups excluding carboxylic acids is 1. The maximum absolute atomic E-state index is 14.5. The zero-order chi connectivity index (χ0) is 16.4. The van der Waals surface area contributed by atoms with Crippen LogP contribution >= 0.6 is 0 Å². The van der Waals surface area contributed by atoms with Crippen molar-refractivity contribution < 1.29 is 13.9 Å². The molecule has 1 saturated heterocycles. The first-order valence-electron chi connectivity index (χ1n) is 7.90. The van der Waals surface area contributed by atoms with Gasteiger partial charge in [0.1, 0.15) is 5.82 Å². The Morgan fingerprint density at radius 3 is 2.78 bits per heavy atom. The van der Waals surface area contributed by atoms with Gasteiger partial charge in [0.2, 0.25) is 11.9 Å². The molecular formula is C16H21FN4O2. The molecule has 2 heterocycles. The summed E-state index contributed by atoms with van der Waals surface area (Å²) >= 11 is 0. The number of fused-ring (bicyclic) bond motifs is 1. The van der Waals surface area contributed by atoms with Gasteiger partial charge in [-0.15, -0.1) is 0 Å². The number of benzene rings is 1. The number of nitrogens with one attached hydrogen (secondary N) is 1. The van der Waals surface area contributed by atoms with E-state index in [0.717, 1.165) is 11.9 Å². The normalized spacial score (nSPS) is 15.2. The average molecular weight is 320 g/mol. The number of ether oxygens (including phenoxy) is 1. The highest BCUT2D eigenvalue weighted by atomic mass is 19.1. The number of morpholine rings is 1. The van der Waals surface area contributed by atoms with Crippen molar-refractivity contribution in [2.45, 2.75) is 26.8 Å². The molecule has 2 aromatic rings. The Labute approximate surface area is 134 Å². The van der Waals surface area contributed by atoms with Gasteiger partial charge in [-0.2, -0.15) is 0 Å². The smallest absolute Gasteiger partial charge is 0.223 e. The van der Waals surface area contributed by atoms with Crippen LogP contribution in [-0.2, 0) is 16.1 Å². The van der Waals surface area contributed by atoms with E-state index in [-0.39, 0.29) is 11.7 Å². The summed E-state index contributed by atoms with van der Waals surface area (Å²) in [6.45, 7) is 6.74. The lowest BCUT2D eigenvalue weighted by Crippen LogP contribution is -2.36. The van der Waals surface area contributed by atoms with Gasteiger partial charge < -0.3 is 14.2 Å². The molecule has 0 unspecified atom stereocenters. The van der Waals surface area contributed by atoms with Crippen LogP contribution in [0, 0.1) is 5.82 Å². The Morgan fingerprint density at radius 1 is 1.39 bits per heavy atom. The second kappa shape index (κ2) is 6.54. The largest absolute Gasteiger partial charge is 0.378 e. The highest BCUT2D eigenvalue weighted by Crippen LogP contribution is 2.29. The molecule has 124 valence electrons. The van der Waals surface area contributed by atoms with Crippen molar-refractivity contribution in [3.05, 3.63) is 17.9 Å². The standard InChI is InChI=1S/C16H21FN4O2/c1-3-4-21-15-10-14(20-5-7-23-8-6-20)12(17)9-13(15)19-16(21)18-11(2)22/h9-10H,3-8H2,1-2H3,(H,18,19,22). The molecule has 1 fully saturated rings. The number of aromatic nitrogens is 2. The van der Waals surface area contributed by atoms with Gasteiger partial charge in [0.05, 0.1) is 29.9 Å². The molecule has 0 aliphatic carbocycles. The van der Waals surface area contributed by atoms with Gasteiger partial charge >= 0.3 is 0 Å². The number of hydrogen-bond acceptors (Lipinski definition) is 4. The molecule has 23 heavy (non-hydrogen) atoms. The lowest BCUT2D eigenvalue weighted by Gasteiger charge is -2.29. The fourth-order valence-electron chi connectivity index (χ4n) is 2.88. The highest BCUT2D eigenvalue weighted by Gasteiger charge is 2.19. The van der Waals surface area contributed by atoms with E-state index in [4.69, 9.17) is 4.74 Å². The molecule has 0 radical (unpaired) electrons. The molecule has 1 aromatic carbocycles. The number of anilines is 2. The van der Waals surface area contributed by atoms with Crippen LogP contribution in [0.1, 0.15) is 20.3 Å². The lowest BCUT2D eigenvalue weighted by atomic mass is 10.2. The van der Waals surface area contributed by atoms with Crippen molar-refractivity contribution in [3.8, 4) is 0 Å². The second-order valence-corrected chi connectivity index (χ2v) is 5.66. The van der Waals surface area contributed by atoms with E-state index in [1.807, 2.05) is 15.5 Å². The SMILES string of the molecule is CCCn1c(NC(C)=O)nc2cc(F)c(N3CCOCC3)cc21. The number of amides is 1. The molecule has 0 saturated carbocycles. The van der Waals surface area contributed by atoms with Gasteiger partial charge in [-0.05, 0) is 12.5 Å². The predicted octanol–water partition coefficient (Wildman–Crippen LogP) is 2.38. The molecule has 1 amide bonds. The van der Waals surface area contributed by atoms with Crippen LogP contribution < -0.4 is 10.2 Å². The predicted molar refractivity (Wildman–Crippen MR) is 87.3 cm³/mol. The summed E-state index contributed by atoms with van der Waals surface area (Å²) in [6, 6.07) is 3.27. The molecule has 0 bridgehead atoms. The Balaban J connectivity index is 2.08. The van der Waals surface area contributed by atoms with Gasteiger partial charge in [-0.3, -0.25) is 10.1 Å². The maximum Gasteiger partial charge on any atom is 0.223 e. The topological polar surface area (TPSA) is 59.4 Å². The maximum atomic E-state index is 14.5. The van der Waals surface area contributed by atoms with Crippen molar-refractivity contribution in [3.63, 3.8) is 0 Å². The molecule has 1 N–H and O–H groups in total. The summed E-state index contributed by atoms with van der Waals surface area (Å²) in [5.74, 6) is -0.0191. The van der Waals surface area contributed by atoms with Gasteiger partial charge in [0.15, 0.2) is 0 Å². The monoisotopic (exact) mass is 320 g/mol. The molecule has 0 atom stereocenters. The summed E-state index contributed by atoms with van der Waals surface area (Å²) in [5.41, 5.74) is 1.95. The number of imidazole rings is 1. The number of nitrogens with zero attached hydrogens (tertiary/aromatic N) is 3. The number of halogens is 1. The number of rotatable bonds is 4. The van der Waals surface area contributed by atoms with Crippen LogP contribution in [0.4, 0.5) is 16.0 Å². The zero-order valence-corrected chi connectivity index (χ0v) is 13.4. The molecule has 3 rings (SSSR count). The summed E-state index contributed by atoms with van der Waals surface area (Å²) in [7, 11) is 0. The first-order valence-corrected chi connectivity index (χ1v) is 7.90. The third kappa shape index (κ3) is 3.14. The van der Waals surface area contributed by atoms with Crippen LogP contribution in [0.15, 0.2) is 12.1 Å². The molecule has 7 heteroatoms. The molecule has 6 nitrogen and oxygen atoms in total. The van der Waals surface area contributed by atoms with Gasteiger partial charge in [-0.1, -0.05) is 6.92 Å².